The van der Waals surface area contributed by atoms with Gasteiger partial charge in [-0.25, -0.2) is 0 Å². The van der Waals surface area contributed by atoms with Gasteiger partial charge in [0, 0.05) is 10.2 Å². The fourth-order valence-electron chi connectivity index (χ4n) is 2.86. The second kappa shape index (κ2) is 8.05. The van der Waals surface area contributed by atoms with Crippen molar-refractivity contribution in [2.75, 3.05) is 17.3 Å². The molecular weight excluding hydrogens is 416 g/mol. The summed E-state index contributed by atoms with van der Waals surface area (Å²) in [7, 11) is 0. The van der Waals surface area contributed by atoms with E-state index in [9.17, 15) is 14.4 Å². The number of carbonyl (C=O) groups is 3. The van der Waals surface area contributed by atoms with Crippen LogP contribution in [0, 0.1) is 0 Å². The van der Waals surface area contributed by atoms with Gasteiger partial charge >= 0.3 is 0 Å². The van der Waals surface area contributed by atoms with Crippen LogP contribution < -0.4 is 5.32 Å². The lowest BCUT2D eigenvalue weighted by Gasteiger charge is -2.25. The summed E-state index contributed by atoms with van der Waals surface area (Å²) in [6.45, 7) is 0. The molecule has 7 heteroatoms. The summed E-state index contributed by atoms with van der Waals surface area (Å²) < 4.78 is 0.898. The Kier molecular flexibility index (Phi) is 5.78. The number of benzene rings is 2. The summed E-state index contributed by atoms with van der Waals surface area (Å²) in [6, 6.07) is 13.0. The summed E-state index contributed by atoms with van der Waals surface area (Å²) in [5, 5.41) is 2.81. The number of nitrogens with one attached hydrogen (secondary N) is 1. The van der Waals surface area contributed by atoms with Gasteiger partial charge in [0.05, 0.1) is 11.1 Å². The SMILES string of the molecule is CSCC[C@H](C(=O)Nc1ccc(Br)cc1)N1C(=O)c2ccccc2C1=O. The molecule has 0 unspecified atom stereocenters. The number of anilines is 1. The molecule has 1 aliphatic heterocycles. The van der Waals surface area contributed by atoms with Crippen LogP contribution in [0.15, 0.2) is 53.0 Å². The molecule has 0 spiro atoms. The van der Waals surface area contributed by atoms with E-state index in [4.69, 9.17) is 0 Å². The lowest BCUT2D eigenvalue weighted by Crippen LogP contribution is -2.47. The molecule has 0 radical (unpaired) electrons. The predicted octanol–water partition coefficient (Wildman–Crippen LogP) is 3.81. The molecule has 0 aliphatic carbocycles. The number of thioether (sulfide) groups is 1. The van der Waals surface area contributed by atoms with E-state index in [1.165, 1.54) is 0 Å². The Hall–Kier alpha value is -2.12. The van der Waals surface area contributed by atoms with Crippen LogP contribution >= 0.6 is 27.7 Å². The average Bonchev–Trinajstić information content (AvgIpc) is 2.89. The van der Waals surface area contributed by atoms with E-state index in [0.717, 1.165) is 9.37 Å². The van der Waals surface area contributed by atoms with Crippen molar-refractivity contribution in [2.45, 2.75) is 12.5 Å². The maximum atomic E-state index is 12.9. The predicted molar refractivity (Wildman–Crippen MR) is 107 cm³/mol. The first-order valence-corrected chi connectivity index (χ1v) is 10.2. The maximum Gasteiger partial charge on any atom is 0.262 e. The second-order valence-corrected chi connectivity index (χ2v) is 7.72. The number of amides is 3. The smallest absolute Gasteiger partial charge is 0.262 e. The van der Waals surface area contributed by atoms with Crippen molar-refractivity contribution in [1.29, 1.82) is 0 Å². The normalized spacial score (nSPS) is 14.3. The van der Waals surface area contributed by atoms with E-state index in [-0.39, 0.29) is 5.91 Å². The standard InChI is InChI=1S/C19H17BrN2O3S/c1-26-11-10-16(17(23)21-13-8-6-12(20)7-9-13)22-18(24)14-4-2-3-5-15(14)19(22)25/h2-9,16H,10-11H2,1H3,(H,21,23)/t16-/m1/s1. The van der Waals surface area contributed by atoms with E-state index < -0.39 is 17.9 Å². The van der Waals surface area contributed by atoms with Gasteiger partial charge in [0.1, 0.15) is 6.04 Å². The first-order chi connectivity index (χ1) is 12.5. The minimum absolute atomic E-state index is 0.350. The number of carbonyl (C=O) groups excluding carboxylic acids is 3. The van der Waals surface area contributed by atoms with Crippen LogP contribution in [0.5, 0.6) is 0 Å². The Morgan fingerprint density at radius 2 is 1.65 bits per heavy atom. The molecule has 26 heavy (non-hydrogen) atoms. The Balaban J connectivity index is 1.86. The van der Waals surface area contributed by atoms with Gasteiger partial charge in [0.25, 0.3) is 11.8 Å². The molecule has 1 atom stereocenters. The minimum atomic E-state index is -0.849. The van der Waals surface area contributed by atoms with Crippen LogP contribution in [0.1, 0.15) is 27.1 Å². The highest BCUT2D eigenvalue weighted by Crippen LogP contribution is 2.27. The monoisotopic (exact) mass is 432 g/mol. The number of rotatable bonds is 6. The van der Waals surface area contributed by atoms with Crippen LogP contribution in [-0.2, 0) is 4.79 Å². The molecule has 0 bridgehead atoms. The van der Waals surface area contributed by atoms with Gasteiger partial charge in [-0.1, -0.05) is 28.1 Å². The topological polar surface area (TPSA) is 66.5 Å². The number of hydrogen-bond donors (Lipinski definition) is 1. The fourth-order valence-corrected chi connectivity index (χ4v) is 3.58. The van der Waals surface area contributed by atoms with E-state index in [1.54, 1.807) is 48.2 Å². The van der Waals surface area contributed by atoms with Crippen molar-refractivity contribution in [3.8, 4) is 0 Å². The van der Waals surface area contributed by atoms with Crippen molar-refractivity contribution in [3.05, 3.63) is 64.1 Å². The van der Waals surface area contributed by atoms with Gasteiger partial charge in [0.2, 0.25) is 5.91 Å². The Morgan fingerprint density at radius 1 is 1.08 bits per heavy atom. The van der Waals surface area contributed by atoms with Gasteiger partial charge in [0.15, 0.2) is 0 Å². The van der Waals surface area contributed by atoms with Crippen LogP contribution in [0.2, 0.25) is 0 Å². The first kappa shape index (κ1) is 18.7. The molecule has 2 aromatic carbocycles. The highest BCUT2D eigenvalue weighted by molar-refractivity contribution is 9.10. The minimum Gasteiger partial charge on any atom is -0.324 e. The highest BCUT2D eigenvalue weighted by Gasteiger charge is 2.42. The molecule has 3 amide bonds. The van der Waals surface area contributed by atoms with Gasteiger partial charge in [-0.05, 0) is 54.8 Å². The molecule has 2 aromatic rings. The molecule has 3 rings (SSSR count). The lowest BCUT2D eigenvalue weighted by molar-refractivity contribution is -0.120. The van der Waals surface area contributed by atoms with Crippen LogP contribution in [-0.4, -0.2) is 40.7 Å². The van der Waals surface area contributed by atoms with Crippen LogP contribution in [0.25, 0.3) is 0 Å². The third kappa shape index (κ3) is 3.68. The van der Waals surface area contributed by atoms with Crippen LogP contribution in [0.4, 0.5) is 5.69 Å². The van der Waals surface area contributed by atoms with Gasteiger partial charge in [-0.15, -0.1) is 0 Å². The average molecular weight is 433 g/mol. The van der Waals surface area contributed by atoms with Crippen molar-refractivity contribution < 1.29 is 14.4 Å². The van der Waals surface area contributed by atoms with E-state index in [1.807, 2.05) is 18.4 Å². The number of halogens is 1. The Bertz CT molecular complexity index is 819. The van der Waals surface area contributed by atoms with E-state index >= 15 is 0 Å². The molecular formula is C19H17BrN2O3S. The van der Waals surface area contributed by atoms with Gasteiger partial charge in [-0.2, -0.15) is 11.8 Å². The van der Waals surface area contributed by atoms with Gasteiger partial charge in [-0.3, -0.25) is 19.3 Å². The van der Waals surface area contributed by atoms with Crippen molar-refractivity contribution in [2.24, 2.45) is 0 Å². The number of imide groups is 1. The number of fused-ring (bicyclic) bond motifs is 1. The zero-order valence-corrected chi connectivity index (χ0v) is 16.5. The fraction of sp³-hybridized carbons (Fsp3) is 0.211. The molecule has 0 saturated carbocycles. The van der Waals surface area contributed by atoms with Crippen molar-refractivity contribution in [1.82, 2.24) is 4.90 Å². The van der Waals surface area contributed by atoms with Crippen LogP contribution in [0.3, 0.4) is 0 Å². The summed E-state index contributed by atoms with van der Waals surface area (Å²) in [5.74, 6) is -0.535. The molecule has 0 fully saturated rings. The Labute approximate surface area is 164 Å². The third-order valence-electron chi connectivity index (χ3n) is 4.15. The van der Waals surface area contributed by atoms with Gasteiger partial charge < -0.3 is 5.32 Å². The maximum absolute atomic E-state index is 12.9. The lowest BCUT2D eigenvalue weighted by atomic mass is 10.1. The third-order valence-corrected chi connectivity index (χ3v) is 5.32. The number of hydrogen-bond acceptors (Lipinski definition) is 4. The largest absolute Gasteiger partial charge is 0.324 e. The van der Waals surface area contributed by atoms with Crippen molar-refractivity contribution >= 4 is 51.1 Å². The molecule has 0 aromatic heterocycles. The highest BCUT2D eigenvalue weighted by atomic mass is 79.9. The van der Waals surface area contributed by atoms with Crippen molar-refractivity contribution in [3.63, 3.8) is 0 Å². The summed E-state index contributed by atoms with van der Waals surface area (Å²) in [4.78, 5) is 39.4. The zero-order chi connectivity index (χ0) is 18.7. The first-order valence-electron chi connectivity index (χ1n) is 8.05. The quantitative estimate of drug-likeness (QED) is 0.704. The summed E-state index contributed by atoms with van der Waals surface area (Å²) in [6.07, 6.45) is 2.32. The van der Waals surface area contributed by atoms with E-state index in [0.29, 0.717) is 29.0 Å². The summed E-state index contributed by atoms with van der Waals surface area (Å²) in [5.41, 5.74) is 1.31. The molecule has 1 N–H and O–H groups in total. The zero-order valence-electron chi connectivity index (χ0n) is 14.1. The molecule has 5 nitrogen and oxygen atoms in total. The Morgan fingerprint density at radius 3 is 2.19 bits per heavy atom. The number of nitrogens with zero attached hydrogens (tertiary/aromatic N) is 1. The molecule has 0 saturated heterocycles. The molecule has 1 aliphatic rings. The molecule has 134 valence electrons. The second-order valence-electron chi connectivity index (χ2n) is 5.82. The van der Waals surface area contributed by atoms with E-state index in [2.05, 4.69) is 21.2 Å². The molecule has 1 heterocycles. The summed E-state index contributed by atoms with van der Waals surface area (Å²) >= 11 is 4.91.